The lowest BCUT2D eigenvalue weighted by atomic mass is 9.88. The first-order valence-corrected chi connectivity index (χ1v) is 14.7. The van der Waals surface area contributed by atoms with Gasteiger partial charge in [-0.1, -0.05) is 73.9 Å². The number of fused-ring (bicyclic) bond motifs is 1. The predicted octanol–water partition coefficient (Wildman–Crippen LogP) is 3.76. The molecule has 1 unspecified atom stereocenters. The van der Waals surface area contributed by atoms with Gasteiger partial charge in [-0.25, -0.2) is 13.1 Å². The van der Waals surface area contributed by atoms with Crippen LogP contribution in [0.4, 0.5) is 5.69 Å². The Hall–Kier alpha value is -3.27. The topological polar surface area (TPSA) is 114 Å². The van der Waals surface area contributed by atoms with E-state index in [0.717, 1.165) is 37.7 Å². The standard InChI is InChI=1S/C29H33N3O5S/c33-28(21-11-5-2-6-12-21)31-26(17-20-9-3-1-4-10-20)29(34)30-25-15-7-14-24-23(25)13-8-16-27(24)38(35,36)32-22-18-37-19-22/h1,3-4,7-10,13-16,21-22,26,32H,2,5-6,11-12,17-19H2,(H,30,34)(H,31,33). The van der Waals surface area contributed by atoms with Crippen LogP contribution in [-0.2, 0) is 30.8 Å². The molecule has 3 aromatic rings. The maximum Gasteiger partial charge on any atom is 0.247 e. The number of anilines is 1. The molecule has 5 rings (SSSR count). The van der Waals surface area contributed by atoms with E-state index < -0.39 is 16.1 Å². The Kier molecular flexibility index (Phi) is 8.06. The number of amides is 2. The van der Waals surface area contributed by atoms with Crippen LogP contribution in [0.15, 0.2) is 71.6 Å². The molecule has 1 aliphatic heterocycles. The molecule has 38 heavy (non-hydrogen) atoms. The van der Waals surface area contributed by atoms with Crippen molar-refractivity contribution in [3.8, 4) is 0 Å². The smallest absolute Gasteiger partial charge is 0.247 e. The predicted molar refractivity (Wildman–Crippen MR) is 146 cm³/mol. The number of hydrogen-bond acceptors (Lipinski definition) is 5. The van der Waals surface area contributed by atoms with Gasteiger partial charge in [0.2, 0.25) is 21.8 Å². The number of carbonyl (C=O) groups is 2. The number of sulfonamides is 1. The number of ether oxygens (including phenoxy) is 1. The van der Waals surface area contributed by atoms with E-state index in [-0.39, 0.29) is 28.7 Å². The Morgan fingerprint density at radius 1 is 0.868 bits per heavy atom. The lowest BCUT2D eigenvalue weighted by molar-refractivity contribution is -0.130. The van der Waals surface area contributed by atoms with Gasteiger partial charge in [0.1, 0.15) is 6.04 Å². The molecule has 1 heterocycles. The summed E-state index contributed by atoms with van der Waals surface area (Å²) in [7, 11) is -3.78. The zero-order valence-corrected chi connectivity index (χ0v) is 22.0. The molecule has 9 heteroatoms. The van der Waals surface area contributed by atoms with E-state index in [4.69, 9.17) is 4.74 Å². The van der Waals surface area contributed by atoms with Crippen molar-refractivity contribution in [1.82, 2.24) is 10.0 Å². The van der Waals surface area contributed by atoms with E-state index in [9.17, 15) is 18.0 Å². The van der Waals surface area contributed by atoms with Gasteiger partial charge >= 0.3 is 0 Å². The summed E-state index contributed by atoms with van der Waals surface area (Å²) < 4.78 is 33.9. The Morgan fingerprint density at radius 3 is 2.29 bits per heavy atom. The molecule has 1 aliphatic carbocycles. The van der Waals surface area contributed by atoms with Gasteiger partial charge in [0.15, 0.2) is 0 Å². The van der Waals surface area contributed by atoms with Crippen LogP contribution in [0.5, 0.6) is 0 Å². The van der Waals surface area contributed by atoms with Crippen LogP contribution in [0.2, 0.25) is 0 Å². The molecule has 0 aromatic heterocycles. The lowest BCUT2D eigenvalue weighted by Gasteiger charge is -2.27. The Labute approximate surface area is 223 Å². The average Bonchev–Trinajstić information content (AvgIpc) is 2.91. The highest BCUT2D eigenvalue weighted by Gasteiger charge is 2.29. The van der Waals surface area contributed by atoms with E-state index in [1.807, 2.05) is 30.3 Å². The number of carbonyl (C=O) groups excluding carboxylic acids is 2. The third-order valence-electron chi connectivity index (χ3n) is 7.28. The highest BCUT2D eigenvalue weighted by molar-refractivity contribution is 7.89. The van der Waals surface area contributed by atoms with Gasteiger partial charge in [0.25, 0.3) is 0 Å². The largest absolute Gasteiger partial charge is 0.378 e. The minimum Gasteiger partial charge on any atom is -0.378 e. The fraction of sp³-hybridized carbons (Fsp3) is 0.379. The SMILES string of the molecule is O=C(NC(Cc1ccccc1)C(=O)Nc1cccc2c(S(=O)(=O)NC3COC3)cccc12)C1CCCCC1. The zero-order valence-electron chi connectivity index (χ0n) is 21.2. The summed E-state index contributed by atoms with van der Waals surface area (Å²) in [5.41, 5.74) is 1.43. The van der Waals surface area contributed by atoms with Crippen LogP contribution in [0.1, 0.15) is 37.7 Å². The molecule has 2 aliphatic rings. The summed E-state index contributed by atoms with van der Waals surface area (Å²) in [5, 5.41) is 7.08. The van der Waals surface area contributed by atoms with Gasteiger partial charge < -0.3 is 15.4 Å². The normalized spacial score (nSPS) is 17.5. The van der Waals surface area contributed by atoms with Gasteiger partial charge in [-0.3, -0.25) is 9.59 Å². The summed E-state index contributed by atoms with van der Waals surface area (Å²) in [5.74, 6) is -0.504. The number of benzene rings is 3. The second-order valence-electron chi connectivity index (χ2n) is 10.1. The third-order valence-corrected chi connectivity index (χ3v) is 8.86. The minimum absolute atomic E-state index is 0.0753. The average molecular weight is 536 g/mol. The molecule has 1 saturated carbocycles. The van der Waals surface area contributed by atoms with Crippen molar-refractivity contribution in [2.75, 3.05) is 18.5 Å². The molecular weight excluding hydrogens is 502 g/mol. The van der Waals surface area contributed by atoms with Crippen LogP contribution in [0, 0.1) is 5.92 Å². The Balaban J connectivity index is 1.40. The molecule has 2 fully saturated rings. The molecule has 200 valence electrons. The molecular formula is C29H33N3O5S. The number of rotatable bonds is 9. The Bertz CT molecular complexity index is 1400. The van der Waals surface area contributed by atoms with Crippen molar-refractivity contribution < 1.29 is 22.7 Å². The molecule has 0 spiro atoms. The molecule has 8 nitrogen and oxygen atoms in total. The van der Waals surface area contributed by atoms with Crippen molar-refractivity contribution in [1.29, 1.82) is 0 Å². The first-order valence-electron chi connectivity index (χ1n) is 13.2. The molecule has 3 N–H and O–H groups in total. The number of hydrogen-bond donors (Lipinski definition) is 3. The van der Waals surface area contributed by atoms with Crippen molar-refractivity contribution in [3.05, 3.63) is 72.3 Å². The summed E-state index contributed by atoms with van der Waals surface area (Å²) in [4.78, 5) is 26.8. The molecule has 2 amide bonds. The first-order chi connectivity index (χ1) is 18.4. The van der Waals surface area contributed by atoms with Gasteiger partial charge in [0, 0.05) is 28.8 Å². The maximum absolute atomic E-state index is 13.6. The van der Waals surface area contributed by atoms with Crippen LogP contribution in [0.3, 0.4) is 0 Å². The highest BCUT2D eigenvalue weighted by Crippen LogP contribution is 2.30. The molecule has 1 atom stereocenters. The lowest BCUT2D eigenvalue weighted by Crippen LogP contribution is -2.48. The fourth-order valence-electron chi connectivity index (χ4n) is 5.14. The fourth-order valence-corrected chi connectivity index (χ4v) is 6.57. The summed E-state index contributed by atoms with van der Waals surface area (Å²) in [6.45, 7) is 0.696. The quantitative estimate of drug-likeness (QED) is 0.386. The monoisotopic (exact) mass is 535 g/mol. The van der Waals surface area contributed by atoms with Gasteiger partial charge in [-0.2, -0.15) is 0 Å². The number of nitrogens with one attached hydrogen (secondary N) is 3. The van der Waals surface area contributed by atoms with Crippen molar-refractivity contribution in [3.63, 3.8) is 0 Å². The molecule has 3 aromatic carbocycles. The van der Waals surface area contributed by atoms with E-state index in [2.05, 4.69) is 15.4 Å². The summed E-state index contributed by atoms with van der Waals surface area (Å²) in [6, 6.07) is 18.8. The van der Waals surface area contributed by atoms with Crippen molar-refractivity contribution in [2.45, 2.75) is 55.5 Å². The van der Waals surface area contributed by atoms with Crippen molar-refractivity contribution >= 4 is 38.3 Å². The van der Waals surface area contributed by atoms with E-state index in [1.54, 1.807) is 36.4 Å². The van der Waals surface area contributed by atoms with Crippen molar-refractivity contribution in [2.24, 2.45) is 5.92 Å². The van der Waals surface area contributed by atoms with Gasteiger partial charge in [0.05, 0.1) is 24.2 Å². The van der Waals surface area contributed by atoms with Crippen LogP contribution in [-0.4, -0.2) is 45.5 Å². The van der Waals surface area contributed by atoms with E-state index in [0.29, 0.717) is 36.1 Å². The van der Waals surface area contributed by atoms with Gasteiger partial charge in [-0.05, 0) is 30.5 Å². The summed E-state index contributed by atoms with van der Waals surface area (Å²) >= 11 is 0. The Morgan fingerprint density at radius 2 is 1.58 bits per heavy atom. The van der Waals surface area contributed by atoms with Crippen LogP contribution in [0.25, 0.3) is 10.8 Å². The first kappa shape index (κ1) is 26.3. The molecule has 1 saturated heterocycles. The zero-order chi connectivity index (χ0) is 26.5. The van der Waals surface area contributed by atoms with Gasteiger partial charge in [-0.15, -0.1) is 0 Å². The second kappa shape index (κ2) is 11.6. The highest BCUT2D eigenvalue weighted by atomic mass is 32.2. The maximum atomic E-state index is 13.6. The molecule has 0 bridgehead atoms. The summed E-state index contributed by atoms with van der Waals surface area (Å²) in [6.07, 6.45) is 5.22. The van der Waals surface area contributed by atoms with Crippen LogP contribution < -0.4 is 15.4 Å². The van der Waals surface area contributed by atoms with E-state index >= 15 is 0 Å². The molecule has 0 radical (unpaired) electrons. The third kappa shape index (κ3) is 6.06. The van der Waals surface area contributed by atoms with E-state index in [1.165, 1.54) is 0 Å². The second-order valence-corrected chi connectivity index (χ2v) is 11.8. The minimum atomic E-state index is -3.78. The van der Waals surface area contributed by atoms with Crippen LogP contribution >= 0.6 is 0 Å².